The Labute approximate surface area is 95.9 Å². The van der Waals surface area contributed by atoms with Crippen molar-refractivity contribution in [1.82, 2.24) is 10.3 Å². The topological polar surface area (TPSA) is 34.1 Å². The molecule has 1 aromatic rings. The molecule has 0 aliphatic carbocycles. The van der Waals surface area contributed by atoms with Gasteiger partial charge < -0.3 is 10.1 Å². The molecule has 1 N–H and O–H groups in total. The fourth-order valence-electron chi connectivity index (χ4n) is 1.43. The highest BCUT2D eigenvalue weighted by atomic mass is 32.1. The minimum atomic E-state index is -0.268. The highest BCUT2D eigenvalue weighted by Crippen LogP contribution is 2.30. The van der Waals surface area contributed by atoms with Gasteiger partial charge in [-0.15, -0.1) is 11.3 Å². The molecule has 0 fully saturated rings. The Morgan fingerprint density at radius 2 is 2.13 bits per heavy atom. The third kappa shape index (κ3) is 3.00. The Bertz CT molecular complexity index is 320. The summed E-state index contributed by atoms with van der Waals surface area (Å²) in [5.41, 5.74) is 0.841. The van der Waals surface area contributed by atoms with Gasteiger partial charge in [0.15, 0.2) is 0 Å². The lowest BCUT2D eigenvalue weighted by Crippen LogP contribution is -2.21. The summed E-state index contributed by atoms with van der Waals surface area (Å²) in [4.78, 5) is 5.86. The molecule has 4 heteroatoms. The maximum absolute atomic E-state index is 5.69. The van der Waals surface area contributed by atoms with Crippen molar-refractivity contribution in [2.75, 3.05) is 13.7 Å². The van der Waals surface area contributed by atoms with Crippen molar-refractivity contribution < 1.29 is 4.74 Å². The van der Waals surface area contributed by atoms with E-state index in [-0.39, 0.29) is 5.60 Å². The van der Waals surface area contributed by atoms with Crippen molar-refractivity contribution in [3.63, 3.8) is 0 Å². The van der Waals surface area contributed by atoms with Gasteiger partial charge in [0.1, 0.15) is 10.6 Å². The highest BCUT2D eigenvalue weighted by molar-refractivity contribution is 7.11. The van der Waals surface area contributed by atoms with Crippen molar-refractivity contribution in [1.29, 1.82) is 0 Å². The van der Waals surface area contributed by atoms with Gasteiger partial charge in [0, 0.05) is 18.0 Å². The van der Waals surface area contributed by atoms with Crippen LogP contribution in [0.5, 0.6) is 0 Å². The van der Waals surface area contributed by atoms with Crippen LogP contribution < -0.4 is 5.32 Å². The minimum absolute atomic E-state index is 0.268. The first-order chi connectivity index (χ1) is 7.01. The summed E-state index contributed by atoms with van der Waals surface area (Å²) < 4.78 is 5.69. The van der Waals surface area contributed by atoms with Gasteiger partial charge in [-0.2, -0.15) is 0 Å². The molecule has 0 aromatic carbocycles. The summed E-state index contributed by atoms with van der Waals surface area (Å²) in [5, 5.41) is 4.21. The van der Waals surface area contributed by atoms with E-state index in [0.29, 0.717) is 6.61 Å². The van der Waals surface area contributed by atoms with Crippen molar-refractivity contribution >= 4 is 11.3 Å². The maximum Gasteiger partial charge on any atom is 0.125 e. The average Bonchev–Trinajstić information content (AvgIpc) is 2.49. The molecule has 0 unspecified atom stereocenters. The molecule has 1 heterocycles. The van der Waals surface area contributed by atoms with E-state index in [4.69, 9.17) is 4.74 Å². The summed E-state index contributed by atoms with van der Waals surface area (Å²) in [6.45, 7) is 9.79. The van der Waals surface area contributed by atoms with E-state index in [1.165, 1.54) is 4.88 Å². The second-order valence-electron chi connectivity index (χ2n) is 4.00. The van der Waals surface area contributed by atoms with Crippen molar-refractivity contribution in [3.05, 3.63) is 15.6 Å². The predicted octanol–water partition coefficient (Wildman–Crippen LogP) is 2.44. The van der Waals surface area contributed by atoms with Gasteiger partial charge in [0.05, 0.1) is 5.69 Å². The summed E-state index contributed by atoms with van der Waals surface area (Å²) in [6.07, 6.45) is 0. The lowest BCUT2D eigenvalue weighted by molar-refractivity contribution is -0.0142. The van der Waals surface area contributed by atoms with Crippen molar-refractivity contribution in [3.8, 4) is 0 Å². The molecule has 0 aliphatic rings. The molecule has 0 spiro atoms. The third-order valence-corrected chi connectivity index (χ3v) is 3.71. The van der Waals surface area contributed by atoms with Crippen LogP contribution >= 0.6 is 11.3 Å². The molecule has 15 heavy (non-hydrogen) atoms. The van der Waals surface area contributed by atoms with E-state index in [1.807, 2.05) is 14.0 Å². The normalized spacial score (nSPS) is 12.1. The lowest BCUT2D eigenvalue weighted by Gasteiger charge is -2.21. The Morgan fingerprint density at radius 3 is 2.67 bits per heavy atom. The smallest absolute Gasteiger partial charge is 0.125 e. The van der Waals surface area contributed by atoms with Crippen LogP contribution in [0.15, 0.2) is 0 Å². The van der Waals surface area contributed by atoms with Crippen LogP contribution in [0.3, 0.4) is 0 Å². The zero-order valence-electron chi connectivity index (χ0n) is 10.2. The minimum Gasteiger partial charge on any atom is -0.369 e. The first-order valence-corrected chi connectivity index (χ1v) is 6.08. The zero-order valence-corrected chi connectivity index (χ0v) is 11.0. The lowest BCUT2D eigenvalue weighted by atomic mass is 10.1. The number of nitrogens with one attached hydrogen (secondary N) is 1. The second-order valence-corrected chi connectivity index (χ2v) is 5.08. The Balaban J connectivity index is 2.90. The van der Waals surface area contributed by atoms with E-state index in [9.17, 15) is 0 Å². The monoisotopic (exact) mass is 228 g/mol. The molecule has 0 saturated heterocycles. The number of hydrogen-bond acceptors (Lipinski definition) is 4. The molecular formula is C11H20N2OS. The SMILES string of the molecule is CCOC(C)(C)c1nc(C)c(CNC)s1. The fraction of sp³-hybridized carbons (Fsp3) is 0.727. The second kappa shape index (κ2) is 5.05. The van der Waals surface area contributed by atoms with Gasteiger partial charge >= 0.3 is 0 Å². The average molecular weight is 228 g/mol. The standard InChI is InChI=1S/C11H20N2OS/c1-6-14-11(3,4)10-13-8(2)9(15-10)7-12-5/h12H,6-7H2,1-5H3. The van der Waals surface area contributed by atoms with Crippen molar-refractivity contribution in [2.24, 2.45) is 0 Å². The summed E-state index contributed by atoms with van der Waals surface area (Å²) in [7, 11) is 1.95. The van der Waals surface area contributed by atoms with Crippen molar-refractivity contribution in [2.45, 2.75) is 39.8 Å². The number of aromatic nitrogens is 1. The van der Waals surface area contributed by atoms with E-state index in [1.54, 1.807) is 11.3 Å². The number of nitrogens with zero attached hydrogens (tertiary/aromatic N) is 1. The Kier molecular flexibility index (Phi) is 4.25. The van der Waals surface area contributed by atoms with Crippen LogP contribution in [0.4, 0.5) is 0 Å². The number of hydrogen-bond donors (Lipinski definition) is 1. The molecular weight excluding hydrogens is 208 g/mol. The summed E-state index contributed by atoms with van der Waals surface area (Å²) >= 11 is 1.73. The maximum atomic E-state index is 5.69. The van der Waals surface area contributed by atoms with E-state index in [2.05, 4.69) is 31.1 Å². The molecule has 0 amide bonds. The van der Waals surface area contributed by atoms with Gasteiger partial charge in [-0.25, -0.2) is 4.98 Å². The summed E-state index contributed by atoms with van der Waals surface area (Å²) in [6, 6.07) is 0. The van der Waals surface area contributed by atoms with Crippen LogP contribution in [0.1, 0.15) is 36.3 Å². The predicted molar refractivity (Wildman–Crippen MR) is 64.3 cm³/mol. The first-order valence-electron chi connectivity index (χ1n) is 5.26. The molecule has 0 radical (unpaired) electrons. The van der Waals surface area contributed by atoms with Crippen LogP contribution in [0.25, 0.3) is 0 Å². The Morgan fingerprint density at radius 1 is 1.47 bits per heavy atom. The van der Waals surface area contributed by atoms with Crippen LogP contribution in [-0.2, 0) is 16.9 Å². The van der Waals surface area contributed by atoms with Gasteiger partial charge in [-0.3, -0.25) is 0 Å². The zero-order chi connectivity index (χ0) is 11.5. The molecule has 1 aromatic heterocycles. The number of thiazole rings is 1. The van der Waals surface area contributed by atoms with Crippen LogP contribution in [-0.4, -0.2) is 18.6 Å². The highest BCUT2D eigenvalue weighted by Gasteiger charge is 2.25. The van der Waals surface area contributed by atoms with Crippen LogP contribution in [0, 0.1) is 6.92 Å². The molecule has 0 atom stereocenters. The number of rotatable bonds is 5. The van der Waals surface area contributed by atoms with Gasteiger partial charge in [0.2, 0.25) is 0 Å². The van der Waals surface area contributed by atoms with Crippen LogP contribution in [0.2, 0.25) is 0 Å². The largest absolute Gasteiger partial charge is 0.369 e. The van der Waals surface area contributed by atoms with E-state index < -0.39 is 0 Å². The quantitative estimate of drug-likeness (QED) is 0.840. The fourth-order valence-corrected chi connectivity index (χ4v) is 2.56. The van der Waals surface area contributed by atoms with Gasteiger partial charge in [0.25, 0.3) is 0 Å². The third-order valence-electron chi connectivity index (χ3n) is 2.25. The molecule has 1 rings (SSSR count). The summed E-state index contributed by atoms with van der Waals surface area (Å²) in [5.74, 6) is 0. The number of ether oxygens (including phenoxy) is 1. The van der Waals surface area contributed by atoms with Gasteiger partial charge in [-0.1, -0.05) is 0 Å². The van der Waals surface area contributed by atoms with Gasteiger partial charge in [-0.05, 0) is 34.7 Å². The van der Waals surface area contributed by atoms with E-state index in [0.717, 1.165) is 17.2 Å². The molecule has 86 valence electrons. The number of aryl methyl sites for hydroxylation is 1. The molecule has 0 saturated carbocycles. The Hall–Kier alpha value is -0.450. The molecule has 0 bridgehead atoms. The molecule has 0 aliphatic heterocycles. The van der Waals surface area contributed by atoms with E-state index >= 15 is 0 Å². The first kappa shape index (κ1) is 12.6. The molecule has 3 nitrogen and oxygen atoms in total.